The minimum absolute atomic E-state index is 0.160. The largest absolute Gasteiger partial charge is 0.342 e. The number of carbonyl (C=O) groups excluding carboxylic acids is 1. The fourth-order valence-electron chi connectivity index (χ4n) is 2.72. The summed E-state index contributed by atoms with van der Waals surface area (Å²) in [6.45, 7) is 1.62. The third-order valence-corrected chi connectivity index (χ3v) is 3.79. The van der Waals surface area contributed by atoms with Gasteiger partial charge in [-0.2, -0.15) is 5.10 Å². The number of nitrogens with zero attached hydrogens (tertiary/aromatic N) is 3. The van der Waals surface area contributed by atoms with Crippen molar-refractivity contribution in [3.05, 3.63) is 48.0 Å². The molecule has 0 saturated carbocycles. The van der Waals surface area contributed by atoms with Crippen molar-refractivity contribution in [2.75, 3.05) is 13.1 Å². The summed E-state index contributed by atoms with van der Waals surface area (Å²) in [5.74, 6) is 0.534. The number of piperidine rings is 1. The average Bonchev–Trinajstić information content (AvgIpc) is 3.03. The van der Waals surface area contributed by atoms with Crippen molar-refractivity contribution >= 4 is 5.91 Å². The van der Waals surface area contributed by atoms with E-state index in [1.54, 1.807) is 12.4 Å². The van der Waals surface area contributed by atoms with E-state index in [1.807, 2.05) is 29.2 Å². The molecule has 1 N–H and O–H groups in total. The first-order valence-electron chi connectivity index (χ1n) is 7.00. The molecule has 5 heteroatoms. The maximum absolute atomic E-state index is 12.3. The van der Waals surface area contributed by atoms with Gasteiger partial charge < -0.3 is 4.90 Å². The number of likely N-dealkylation sites (tertiary alicyclic amines) is 1. The van der Waals surface area contributed by atoms with Crippen LogP contribution in [0.5, 0.6) is 0 Å². The fraction of sp³-hybridized carbons (Fsp3) is 0.400. The topological polar surface area (TPSA) is 61.9 Å². The van der Waals surface area contributed by atoms with E-state index in [-0.39, 0.29) is 5.91 Å². The summed E-state index contributed by atoms with van der Waals surface area (Å²) < 4.78 is 0. The zero-order valence-corrected chi connectivity index (χ0v) is 11.3. The highest BCUT2D eigenvalue weighted by atomic mass is 16.2. The van der Waals surface area contributed by atoms with Gasteiger partial charge in [-0.05, 0) is 31.0 Å². The van der Waals surface area contributed by atoms with Crippen LogP contribution in [0, 0.1) is 0 Å². The second-order valence-corrected chi connectivity index (χ2v) is 5.19. The third kappa shape index (κ3) is 2.87. The van der Waals surface area contributed by atoms with E-state index in [0.717, 1.165) is 37.3 Å². The van der Waals surface area contributed by atoms with E-state index >= 15 is 0 Å². The van der Waals surface area contributed by atoms with Gasteiger partial charge in [0, 0.05) is 42.8 Å². The summed E-state index contributed by atoms with van der Waals surface area (Å²) >= 11 is 0. The van der Waals surface area contributed by atoms with E-state index in [4.69, 9.17) is 0 Å². The summed E-state index contributed by atoms with van der Waals surface area (Å²) in [6.07, 6.45) is 6.03. The van der Waals surface area contributed by atoms with Crippen molar-refractivity contribution < 1.29 is 4.79 Å². The molecule has 1 saturated heterocycles. The van der Waals surface area contributed by atoms with Crippen molar-refractivity contribution in [1.82, 2.24) is 20.1 Å². The van der Waals surface area contributed by atoms with Crippen molar-refractivity contribution in [1.29, 1.82) is 0 Å². The standard InChI is InChI=1S/C15H18N4O/c20-15(10-13-5-1-2-7-16-13)19-9-3-4-12(11-19)14-6-8-17-18-14/h1-2,5-8,12H,3-4,9-11H2,(H,17,18)/t12-/m0/s1. The number of amides is 1. The van der Waals surface area contributed by atoms with Gasteiger partial charge in [0.2, 0.25) is 5.91 Å². The van der Waals surface area contributed by atoms with Crippen LogP contribution in [0.3, 0.4) is 0 Å². The molecule has 1 amide bonds. The number of carbonyl (C=O) groups is 1. The van der Waals surface area contributed by atoms with Gasteiger partial charge in [0.1, 0.15) is 0 Å². The lowest BCUT2D eigenvalue weighted by Gasteiger charge is -2.32. The minimum Gasteiger partial charge on any atom is -0.342 e. The van der Waals surface area contributed by atoms with Gasteiger partial charge in [0.05, 0.1) is 6.42 Å². The van der Waals surface area contributed by atoms with E-state index in [9.17, 15) is 4.79 Å². The van der Waals surface area contributed by atoms with Crippen LogP contribution < -0.4 is 0 Å². The Labute approximate surface area is 118 Å². The molecule has 3 heterocycles. The fourth-order valence-corrected chi connectivity index (χ4v) is 2.72. The van der Waals surface area contributed by atoms with Crippen molar-refractivity contribution in [3.63, 3.8) is 0 Å². The first-order chi connectivity index (χ1) is 9.83. The van der Waals surface area contributed by atoms with E-state index in [1.165, 1.54) is 0 Å². The summed E-state index contributed by atoms with van der Waals surface area (Å²) in [4.78, 5) is 18.5. The van der Waals surface area contributed by atoms with Crippen LogP contribution in [0.15, 0.2) is 36.7 Å². The van der Waals surface area contributed by atoms with Gasteiger partial charge in [-0.25, -0.2) is 0 Å². The number of aromatic nitrogens is 3. The molecule has 0 spiro atoms. The number of aromatic amines is 1. The molecule has 0 unspecified atom stereocenters. The molecule has 5 nitrogen and oxygen atoms in total. The second kappa shape index (κ2) is 5.86. The first kappa shape index (κ1) is 12.8. The second-order valence-electron chi connectivity index (χ2n) is 5.19. The molecule has 2 aromatic heterocycles. The van der Waals surface area contributed by atoms with Crippen LogP contribution in [0.1, 0.15) is 30.1 Å². The minimum atomic E-state index is 0.160. The van der Waals surface area contributed by atoms with Gasteiger partial charge in [0.15, 0.2) is 0 Å². The van der Waals surface area contributed by atoms with Gasteiger partial charge >= 0.3 is 0 Å². The van der Waals surface area contributed by atoms with Crippen LogP contribution in [-0.2, 0) is 11.2 Å². The number of hydrogen-bond acceptors (Lipinski definition) is 3. The number of hydrogen-bond donors (Lipinski definition) is 1. The van der Waals surface area contributed by atoms with E-state index in [0.29, 0.717) is 12.3 Å². The zero-order valence-electron chi connectivity index (χ0n) is 11.3. The van der Waals surface area contributed by atoms with Gasteiger partial charge in [0.25, 0.3) is 0 Å². The Morgan fingerprint density at radius 3 is 3.05 bits per heavy atom. The molecule has 0 bridgehead atoms. The smallest absolute Gasteiger partial charge is 0.228 e. The van der Waals surface area contributed by atoms with Crippen LogP contribution >= 0.6 is 0 Å². The maximum atomic E-state index is 12.3. The highest BCUT2D eigenvalue weighted by Gasteiger charge is 2.25. The Kier molecular flexibility index (Phi) is 3.76. The lowest BCUT2D eigenvalue weighted by molar-refractivity contribution is -0.131. The van der Waals surface area contributed by atoms with Crippen molar-refractivity contribution in [3.8, 4) is 0 Å². The molecule has 0 aliphatic carbocycles. The molecule has 1 fully saturated rings. The van der Waals surface area contributed by atoms with Gasteiger partial charge in [-0.3, -0.25) is 14.9 Å². The maximum Gasteiger partial charge on any atom is 0.228 e. The lowest BCUT2D eigenvalue weighted by Crippen LogP contribution is -2.40. The number of H-pyrrole nitrogens is 1. The summed E-state index contributed by atoms with van der Waals surface area (Å²) in [7, 11) is 0. The normalized spacial score (nSPS) is 19.0. The predicted molar refractivity (Wildman–Crippen MR) is 75.1 cm³/mol. The highest BCUT2D eigenvalue weighted by molar-refractivity contribution is 5.78. The lowest BCUT2D eigenvalue weighted by atomic mass is 9.94. The highest BCUT2D eigenvalue weighted by Crippen LogP contribution is 2.25. The molecule has 3 rings (SSSR count). The van der Waals surface area contributed by atoms with Crippen LogP contribution in [-0.4, -0.2) is 39.1 Å². The zero-order chi connectivity index (χ0) is 13.8. The van der Waals surface area contributed by atoms with Crippen LogP contribution in [0.4, 0.5) is 0 Å². The summed E-state index contributed by atoms with van der Waals surface area (Å²) in [5, 5.41) is 7.01. The van der Waals surface area contributed by atoms with E-state index < -0.39 is 0 Å². The summed E-state index contributed by atoms with van der Waals surface area (Å²) in [6, 6.07) is 7.67. The molecule has 1 atom stereocenters. The molecule has 20 heavy (non-hydrogen) atoms. The molecular formula is C15H18N4O. The Hall–Kier alpha value is -2.17. The van der Waals surface area contributed by atoms with Crippen LogP contribution in [0.25, 0.3) is 0 Å². The first-order valence-corrected chi connectivity index (χ1v) is 7.00. The van der Waals surface area contributed by atoms with Gasteiger partial charge in [-0.15, -0.1) is 0 Å². The van der Waals surface area contributed by atoms with Crippen LogP contribution in [0.2, 0.25) is 0 Å². The number of rotatable bonds is 3. The SMILES string of the molecule is O=C(Cc1ccccn1)N1CCC[C@H](c2ccn[nH]2)C1. The molecule has 1 aliphatic rings. The monoisotopic (exact) mass is 270 g/mol. The predicted octanol–water partition coefficient (Wildman–Crippen LogP) is 1.75. The molecule has 0 radical (unpaired) electrons. The Bertz CT molecular complexity index is 553. The third-order valence-electron chi connectivity index (χ3n) is 3.79. The average molecular weight is 270 g/mol. The number of pyridine rings is 1. The molecular weight excluding hydrogens is 252 g/mol. The Morgan fingerprint density at radius 1 is 1.35 bits per heavy atom. The molecule has 0 aromatic carbocycles. The quantitative estimate of drug-likeness (QED) is 0.924. The Morgan fingerprint density at radius 2 is 2.30 bits per heavy atom. The van der Waals surface area contributed by atoms with Crippen molar-refractivity contribution in [2.45, 2.75) is 25.2 Å². The van der Waals surface area contributed by atoms with Gasteiger partial charge in [-0.1, -0.05) is 6.07 Å². The number of nitrogens with one attached hydrogen (secondary N) is 1. The molecule has 1 aliphatic heterocycles. The summed E-state index contributed by atoms with van der Waals surface area (Å²) in [5.41, 5.74) is 1.96. The Balaban J connectivity index is 1.63. The molecule has 2 aromatic rings. The molecule has 104 valence electrons. The van der Waals surface area contributed by atoms with E-state index in [2.05, 4.69) is 15.2 Å². The van der Waals surface area contributed by atoms with Crippen molar-refractivity contribution in [2.24, 2.45) is 0 Å².